The summed E-state index contributed by atoms with van der Waals surface area (Å²) in [5, 5.41) is 11.6. The number of morpholine rings is 1. The molecule has 0 aromatic heterocycles. The maximum atomic E-state index is 12.3. The van der Waals surface area contributed by atoms with Crippen LogP contribution in [0.1, 0.15) is 5.56 Å². The second kappa shape index (κ2) is 6.94. The maximum Gasteiger partial charge on any atom is 0.227 e. The van der Waals surface area contributed by atoms with E-state index in [1.54, 1.807) is 12.0 Å². The number of hydrogen-bond donors (Lipinski definition) is 2. The monoisotopic (exact) mass is 293 g/mol. The lowest BCUT2D eigenvalue weighted by Crippen LogP contribution is -2.50. The third-order valence-corrected chi connectivity index (χ3v) is 3.35. The SMILES string of the molecule is COc1cccc(CC(=O)N2CCOC(C(N)=NO)C2)c1. The molecule has 1 atom stereocenters. The summed E-state index contributed by atoms with van der Waals surface area (Å²) in [6.07, 6.45) is -0.280. The molecule has 0 radical (unpaired) electrons. The standard InChI is InChI=1S/C14H19N3O4/c1-20-11-4-2-3-10(7-11)8-13(18)17-5-6-21-12(9-17)14(15)16-19/h2-4,7,12,19H,5-6,8-9H2,1H3,(H2,15,16). The van der Waals surface area contributed by atoms with Gasteiger partial charge in [-0.25, -0.2) is 0 Å². The van der Waals surface area contributed by atoms with Crippen LogP contribution >= 0.6 is 0 Å². The van der Waals surface area contributed by atoms with Crippen LogP contribution < -0.4 is 10.5 Å². The molecule has 1 aromatic rings. The number of ether oxygens (including phenoxy) is 2. The first-order valence-electron chi connectivity index (χ1n) is 6.63. The van der Waals surface area contributed by atoms with Gasteiger partial charge in [0.2, 0.25) is 5.91 Å². The Bertz CT molecular complexity index is 533. The van der Waals surface area contributed by atoms with E-state index >= 15 is 0 Å². The molecule has 7 nitrogen and oxygen atoms in total. The van der Waals surface area contributed by atoms with Crippen molar-refractivity contribution in [3.8, 4) is 5.75 Å². The average molecular weight is 293 g/mol. The zero-order valence-corrected chi connectivity index (χ0v) is 11.9. The molecule has 1 heterocycles. The molecule has 1 saturated heterocycles. The molecular weight excluding hydrogens is 274 g/mol. The molecule has 0 bridgehead atoms. The molecule has 1 fully saturated rings. The zero-order chi connectivity index (χ0) is 15.2. The Morgan fingerprint density at radius 3 is 3.14 bits per heavy atom. The van der Waals surface area contributed by atoms with Crippen LogP contribution in [0.3, 0.4) is 0 Å². The van der Waals surface area contributed by atoms with Gasteiger partial charge in [-0.15, -0.1) is 0 Å². The average Bonchev–Trinajstić information content (AvgIpc) is 2.54. The quantitative estimate of drug-likeness (QED) is 0.358. The largest absolute Gasteiger partial charge is 0.497 e. The van der Waals surface area contributed by atoms with Gasteiger partial charge in [-0.2, -0.15) is 0 Å². The van der Waals surface area contributed by atoms with E-state index in [4.69, 9.17) is 20.4 Å². The number of nitrogens with zero attached hydrogens (tertiary/aromatic N) is 2. The Labute approximate surface area is 122 Å². The Morgan fingerprint density at radius 2 is 2.43 bits per heavy atom. The van der Waals surface area contributed by atoms with Crippen LogP contribution in [0.4, 0.5) is 0 Å². The zero-order valence-electron chi connectivity index (χ0n) is 11.9. The highest BCUT2D eigenvalue weighted by Crippen LogP contribution is 2.15. The lowest BCUT2D eigenvalue weighted by Gasteiger charge is -2.32. The number of nitrogens with two attached hydrogens (primary N) is 1. The number of amidine groups is 1. The number of oxime groups is 1. The van der Waals surface area contributed by atoms with Crippen molar-refractivity contribution in [1.29, 1.82) is 0 Å². The van der Waals surface area contributed by atoms with E-state index in [0.717, 1.165) is 11.3 Å². The second-order valence-electron chi connectivity index (χ2n) is 4.75. The van der Waals surface area contributed by atoms with Gasteiger partial charge >= 0.3 is 0 Å². The van der Waals surface area contributed by atoms with Crippen molar-refractivity contribution < 1.29 is 19.5 Å². The molecule has 1 aliphatic heterocycles. The van der Waals surface area contributed by atoms with Gasteiger partial charge < -0.3 is 25.3 Å². The molecular formula is C14H19N3O4. The Kier molecular flexibility index (Phi) is 4.99. The van der Waals surface area contributed by atoms with E-state index < -0.39 is 6.10 Å². The molecule has 7 heteroatoms. The number of rotatable bonds is 4. The predicted molar refractivity (Wildman–Crippen MR) is 76.4 cm³/mol. The van der Waals surface area contributed by atoms with Crippen molar-refractivity contribution in [3.63, 3.8) is 0 Å². The number of amides is 1. The summed E-state index contributed by atoms with van der Waals surface area (Å²) in [7, 11) is 1.59. The topological polar surface area (TPSA) is 97.4 Å². The number of hydrogen-bond acceptors (Lipinski definition) is 5. The minimum atomic E-state index is -0.557. The first-order valence-corrected chi connectivity index (χ1v) is 6.63. The van der Waals surface area contributed by atoms with Crippen molar-refractivity contribution in [2.24, 2.45) is 10.9 Å². The molecule has 0 aliphatic carbocycles. The number of benzene rings is 1. The fourth-order valence-electron chi connectivity index (χ4n) is 2.19. The lowest BCUT2D eigenvalue weighted by atomic mass is 10.1. The van der Waals surface area contributed by atoms with Crippen molar-refractivity contribution in [2.45, 2.75) is 12.5 Å². The minimum Gasteiger partial charge on any atom is -0.497 e. The van der Waals surface area contributed by atoms with Crippen molar-refractivity contribution in [3.05, 3.63) is 29.8 Å². The molecule has 1 unspecified atom stereocenters. The summed E-state index contributed by atoms with van der Waals surface area (Å²) >= 11 is 0. The van der Waals surface area contributed by atoms with Crippen LogP contribution in [-0.2, 0) is 16.0 Å². The summed E-state index contributed by atoms with van der Waals surface area (Å²) in [4.78, 5) is 14.0. The normalized spacial score (nSPS) is 19.4. The molecule has 0 saturated carbocycles. The first kappa shape index (κ1) is 15.1. The predicted octanol–water partition coefficient (Wildman–Crippen LogP) is 0.212. The summed E-state index contributed by atoms with van der Waals surface area (Å²) in [6.45, 7) is 1.15. The molecule has 114 valence electrons. The molecule has 1 aromatic carbocycles. The highest BCUT2D eigenvalue weighted by atomic mass is 16.5. The van der Waals surface area contributed by atoms with E-state index in [1.165, 1.54) is 0 Å². The Balaban J connectivity index is 1.99. The van der Waals surface area contributed by atoms with Crippen molar-refractivity contribution in [1.82, 2.24) is 4.90 Å². The van der Waals surface area contributed by atoms with E-state index in [9.17, 15) is 4.79 Å². The fraction of sp³-hybridized carbons (Fsp3) is 0.429. The fourth-order valence-corrected chi connectivity index (χ4v) is 2.19. The van der Waals surface area contributed by atoms with Gasteiger partial charge in [0.15, 0.2) is 5.84 Å². The summed E-state index contributed by atoms with van der Waals surface area (Å²) in [6, 6.07) is 7.39. The number of methoxy groups -OCH3 is 1. The van der Waals surface area contributed by atoms with Gasteiger partial charge in [-0.3, -0.25) is 4.79 Å². The van der Waals surface area contributed by atoms with Gasteiger partial charge in [0.1, 0.15) is 11.9 Å². The van der Waals surface area contributed by atoms with E-state index in [1.807, 2.05) is 24.3 Å². The van der Waals surface area contributed by atoms with Gasteiger partial charge in [-0.1, -0.05) is 17.3 Å². The Hall–Kier alpha value is -2.28. The summed E-state index contributed by atoms with van der Waals surface area (Å²) in [5.74, 6) is 0.674. The van der Waals surface area contributed by atoms with Crippen LogP contribution in [0.5, 0.6) is 5.75 Å². The van der Waals surface area contributed by atoms with E-state index in [2.05, 4.69) is 5.16 Å². The number of carbonyl (C=O) groups is 1. The van der Waals surface area contributed by atoms with Gasteiger partial charge in [0.25, 0.3) is 0 Å². The lowest BCUT2D eigenvalue weighted by molar-refractivity contribution is -0.135. The van der Waals surface area contributed by atoms with Crippen molar-refractivity contribution in [2.75, 3.05) is 26.8 Å². The van der Waals surface area contributed by atoms with Gasteiger partial charge in [0.05, 0.1) is 26.7 Å². The molecule has 0 spiro atoms. The summed E-state index contributed by atoms with van der Waals surface area (Å²) in [5.41, 5.74) is 6.40. The van der Waals surface area contributed by atoms with Crippen LogP contribution in [0.25, 0.3) is 0 Å². The smallest absolute Gasteiger partial charge is 0.227 e. The molecule has 1 aliphatic rings. The second-order valence-corrected chi connectivity index (χ2v) is 4.75. The molecule has 1 amide bonds. The first-order chi connectivity index (χ1) is 10.1. The minimum absolute atomic E-state index is 0.0196. The molecule has 2 rings (SSSR count). The van der Waals surface area contributed by atoms with E-state index in [0.29, 0.717) is 19.7 Å². The van der Waals surface area contributed by atoms with Crippen LogP contribution in [0, 0.1) is 0 Å². The van der Waals surface area contributed by atoms with Gasteiger partial charge in [0, 0.05) is 6.54 Å². The van der Waals surface area contributed by atoms with Crippen LogP contribution in [0.15, 0.2) is 29.4 Å². The highest BCUT2D eigenvalue weighted by molar-refractivity contribution is 5.86. The van der Waals surface area contributed by atoms with Gasteiger partial charge in [-0.05, 0) is 17.7 Å². The highest BCUT2D eigenvalue weighted by Gasteiger charge is 2.26. The third-order valence-electron chi connectivity index (χ3n) is 3.35. The molecule has 3 N–H and O–H groups in total. The van der Waals surface area contributed by atoms with Crippen LogP contribution in [0.2, 0.25) is 0 Å². The number of carbonyl (C=O) groups excluding carboxylic acids is 1. The van der Waals surface area contributed by atoms with Crippen LogP contribution in [-0.4, -0.2) is 54.8 Å². The molecule has 21 heavy (non-hydrogen) atoms. The van der Waals surface area contributed by atoms with E-state index in [-0.39, 0.29) is 18.2 Å². The Morgan fingerprint density at radius 1 is 1.62 bits per heavy atom. The van der Waals surface area contributed by atoms with Crippen molar-refractivity contribution >= 4 is 11.7 Å². The maximum absolute atomic E-state index is 12.3. The summed E-state index contributed by atoms with van der Waals surface area (Å²) < 4.78 is 10.5. The third kappa shape index (κ3) is 3.85.